The first-order chi connectivity index (χ1) is 12.2. The first-order valence-electron chi connectivity index (χ1n) is 6.54. The molecule has 0 aliphatic carbocycles. The molecule has 26 heavy (non-hydrogen) atoms. The molecule has 0 atom stereocenters. The van der Waals surface area contributed by atoms with Gasteiger partial charge in [-0.2, -0.15) is 0 Å². The van der Waals surface area contributed by atoms with Crippen molar-refractivity contribution < 1.29 is 24.3 Å². The molecule has 1 N–H and O–H groups in total. The number of nitrogens with one attached hydrogen (secondary N) is 1. The topological polar surface area (TPSA) is 168 Å². The molecule has 134 valence electrons. The number of carbonyl (C=O) groups is 1. The van der Waals surface area contributed by atoms with E-state index in [1.54, 1.807) is 0 Å². The van der Waals surface area contributed by atoms with E-state index in [1.165, 1.54) is 18.2 Å². The van der Waals surface area contributed by atoms with Gasteiger partial charge in [0, 0.05) is 12.1 Å². The summed E-state index contributed by atoms with van der Waals surface area (Å²) in [5, 5.41) is 33.9. The Morgan fingerprint density at radius 1 is 0.962 bits per heavy atom. The van der Waals surface area contributed by atoms with E-state index >= 15 is 0 Å². The van der Waals surface area contributed by atoms with Gasteiger partial charge in [-0.1, -0.05) is 17.7 Å². The zero-order valence-electron chi connectivity index (χ0n) is 12.4. The number of nitro groups is 3. The van der Waals surface area contributed by atoms with Crippen molar-refractivity contribution in [3.63, 3.8) is 0 Å². The lowest BCUT2D eigenvalue weighted by atomic mass is 10.2. The van der Waals surface area contributed by atoms with Crippen molar-refractivity contribution in [2.24, 2.45) is 0 Å². The van der Waals surface area contributed by atoms with Gasteiger partial charge in [-0.15, -0.1) is 0 Å². The highest BCUT2D eigenvalue weighted by molar-refractivity contribution is 6.35. The molecule has 0 fully saturated rings. The van der Waals surface area contributed by atoms with Crippen LogP contribution in [0.3, 0.4) is 0 Å². The number of benzene rings is 2. The van der Waals surface area contributed by atoms with Crippen LogP contribution in [0.2, 0.25) is 5.02 Å². The standard InChI is InChI=1S/C13H7ClN4O8/c14-12-10(5-8(17(22)23)6-11(12)18(24)25)15-13(19)26-9-3-1-2-7(4-9)16(20)21/h1-6H,(H,15,19). The van der Waals surface area contributed by atoms with E-state index in [4.69, 9.17) is 16.3 Å². The number of hydrogen-bond donors (Lipinski definition) is 1. The number of halogens is 1. The molecule has 2 rings (SSSR count). The average Bonchev–Trinajstić information content (AvgIpc) is 2.56. The van der Waals surface area contributed by atoms with Crippen molar-refractivity contribution >= 4 is 40.4 Å². The maximum Gasteiger partial charge on any atom is 0.417 e. The monoisotopic (exact) mass is 382 g/mol. The van der Waals surface area contributed by atoms with Crippen molar-refractivity contribution in [1.82, 2.24) is 0 Å². The summed E-state index contributed by atoms with van der Waals surface area (Å²) < 4.78 is 4.81. The maximum absolute atomic E-state index is 11.9. The van der Waals surface area contributed by atoms with Gasteiger partial charge in [-0.3, -0.25) is 35.7 Å². The van der Waals surface area contributed by atoms with Gasteiger partial charge in [0.2, 0.25) is 0 Å². The number of nitrogens with zero attached hydrogens (tertiary/aromatic N) is 3. The molecule has 2 aromatic carbocycles. The van der Waals surface area contributed by atoms with Gasteiger partial charge in [0.1, 0.15) is 10.8 Å². The predicted octanol–water partition coefficient (Wildman–Crippen LogP) is 3.68. The molecule has 0 heterocycles. The molecule has 0 bridgehead atoms. The summed E-state index contributed by atoms with van der Waals surface area (Å²) in [6.07, 6.45) is -1.21. The van der Waals surface area contributed by atoms with Gasteiger partial charge < -0.3 is 4.74 Å². The van der Waals surface area contributed by atoms with E-state index in [0.717, 1.165) is 12.1 Å². The Balaban J connectivity index is 2.28. The highest BCUT2D eigenvalue weighted by Crippen LogP contribution is 2.36. The summed E-state index contributed by atoms with van der Waals surface area (Å²) in [6.45, 7) is 0. The molecule has 12 nitrogen and oxygen atoms in total. The lowest BCUT2D eigenvalue weighted by molar-refractivity contribution is -0.394. The van der Waals surface area contributed by atoms with Crippen LogP contribution in [-0.4, -0.2) is 20.9 Å². The Kier molecular flexibility index (Phi) is 5.27. The predicted molar refractivity (Wildman–Crippen MR) is 87.5 cm³/mol. The number of ether oxygens (including phenoxy) is 1. The average molecular weight is 383 g/mol. The molecule has 0 saturated carbocycles. The van der Waals surface area contributed by atoms with Gasteiger partial charge in [0.15, 0.2) is 0 Å². The quantitative estimate of drug-likeness (QED) is 0.603. The number of nitro benzene ring substituents is 3. The van der Waals surface area contributed by atoms with E-state index in [9.17, 15) is 35.1 Å². The first-order valence-corrected chi connectivity index (χ1v) is 6.92. The number of non-ortho nitro benzene ring substituents is 2. The number of anilines is 1. The van der Waals surface area contributed by atoms with Crippen LogP contribution in [0.1, 0.15) is 0 Å². The lowest BCUT2D eigenvalue weighted by Gasteiger charge is -2.08. The minimum absolute atomic E-state index is 0.187. The molecule has 0 aliphatic rings. The molecule has 0 unspecified atom stereocenters. The normalized spacial score (nSPS) is 10.0. The molecule has 0 aromatic heterocycles. The fraction of sp³-hybridized carbons (Fsp3) is 0. The van der Waals surface area contributed by atoms with Crippen LogP contribution in [-0.2, 0) is 0 Å². The highest BCUT2D eigenvalue weighted by atomic mass is 35.5. The molecule has 2 aromatic rings. The fourth-order valence-electron chi connectivity index (χ4n) is 1.83. The number of amides is 1. The van der Waals surface area contributed by atoms with Crippen LogP contribution in [0, 0.1) is 30.3 Å². The Morgan fingerprint density at radius 3 is 2.19 bits per heavy atom. The zero-order chi connectivity index (χ0) is 19.4. The summed E-state index contributed by atoms with van der Waals surface area (Å²) >= 11 is 5.77. The van der Waals surface area contributed by atoms with E-state index in [0.29, 0.717) is 6.07 Å². The summed E-state index contributed by atoms with van der Waals surface area (Å²) in [5.74, 6) is -0.187. The van der Waals surface area contributed by atoms with Crippen LogP contribution in [0.15, 0.2) is 36.4 Å². The molecule has 1 amide bonds. The summed E-state index contributed by atoms with van der Waals surface area (Å²) in [4.78, 5) is 41.8. The molecular weight excluding hydrogens is 376 g/mol. The SMILES string of the molecule is O=C(Nc1cc([N+](=O)[O-])cc([N+](=O)[O-])c1Cl)Oc1cccc([N+](=O)[O-])c1. The minimum Gasteiger partial charge on any atom is -0.410 e. The summed E-state index contributed by atoms with van der Waals surface area (Å²) in [5.41, 5.74) is -2.22. The van der Waals surface area contributed by atoms with Crippen LogP contribution in [0.4, 0.5) is 27.5 Å². The second kappa shape index (κ2) is 7.40. The molecule has 0 aliphatic heterocycles. The summed E-state index contributed by atoms with van der Waals surface area (Å²) in [6, 6.07) is 6.11. The number of rotatable bonds is 5. The van der Waals surface area contributed by atoms with Crippen LogP contribution in [0.5, 0.6) is 5.75 Å². The zero-order valence-corrected chi connectivity index (χ0v) is 13.2. The van der Waals surface area contributed by atoms with E-state index in [1.807, 2.05) is 5.32 Å². The minimum atomic E-state index is -1.21. The third kappa shape index (κ3) is 4.18. The van der Waals surface area contributed by atoms with E-state index < -0.39 is 42.9 Å². The Bertz CT molecular complexity index is 932. The Hall–Kier alpha value is -3.80. The Labute approximate surface area is 148 Å². The van der Waals surface area contributed by atoms with Crippen LogP contribution < -0.4 is 10.1 Å². The Morgan fingerprint density at radius 2 is 1.62 bits per heavy atom. The largest absolute Gasteiger partial charge is 0.417 e. The molecule has 0 radical (unpaired) electrons. The van der Waals surface area contributed by atoms with Gasteiger partial charge >= 0.3 is 6.09 Å². The molecule has 0 spiro atoms. The van der Waals surface area contributed by atoms with Gasteiger partial charge in [-0.25, -0.2) is 4.79 Å². The molecular formula is C13H7ClN4O8. The second-order valence-electron chi connectivity index (χ2n) is 4.61. The van der Waals surface area contributed by atoms with Crippen molar-refractivity contribution in [1.29, 1.82) is 0 Å². The van der Waals surface area contributed by atoms with Crippen LogP contribution in [0.25, 0.3) is 0 Å². The smallest absolute Gasteiger partial charge is 0.410 e. The van der Waals surface area contributed by atoms with Gasteiger partial charge in [0.25, 0.3) is 17.1 Å². The van der Waals surface area contributed by atoms with E-state index in [-0.39, 0.29) is 11.4 Å². The molecule has 0 saturated heterocycles. The second-order valence-corrected chi connectivity index (χ2v) is 4.99. The van der Waals surface area contributed by atoms with Crippen molar-refractivity contribution in [3.8, 4) is 5.75 Å². The van der Waals surface area contributed by atoms with Crippen molar-refractivity contribution in [2.45, 2.75) is 0 Å². The third-order valence-corrected chi connectivity index (χ3v) is 3.32. The highest BCUT2D eigenvalue weighted by Gasteiger charge is 2.24. The number of hydrogen-bond acceptors (Lipinski definition) is 8. The first kappa shape index (κ1) is 18.5. The van der Waals surface area contributed by atoms with Crippen LogP contribution >= 0.6 is 11.6 Å². The number of carbonyl (C=O) groups excluding carboxylic acids is 1. The summed E-state index contributed by atoms with van der Waals surface area (Å²) in [7, 11) is 0. The fourth-order valence-corrected chi connectivity index (χ4v) is 2.05. The molecule has 13 heteroatoms. The van der Waals surface area contributed by atoms with Gasteiger partial charge in [-0.05, 0) is 6.07 Å². The van der Waals surface area contributed by atoms with Gasteiger partial charge in [0.05, 0.1) is 32.6 Å². The van der Waals surface area contributed by atoms with Crippen molar-refractivity contribution in [2.75, 3.05) is 5.32 Å². The third-order valence-electron chi connectivity index (χ3n) is 2.92. The maximum atomic E-state index is 11.9. The van der Waals surface area contributed by atoms with E-state index in [2.05, 4.69) is 0 Å². The lowest BCUT2D eigenvalue weighted by Crippen LogP contribution is -2.17. The van der Waals surface area contributed by atoms with Crippen molar-refractivity contribution in [3.05, 3.63) is 71.8 Å².